The van der Waals surface area contributed by atoms with E-state index in [2.05, 4.69) is 4.98 Å². The van der Waals surface area contributed by atoms with Crippen molar-refractivity contribution < 1.29 is 28.7 Å². The third-order valence-corrected chi connectivity index (χ3v) is 4.12. The predicted molar refractivity (Wildman–Crippen MR) is 102 cm³/mol. The molecule has 1 atom stereocenters. The summed E-state index contributed by atoms with van der Waals surface area (Å²) in [5.41, 5.74) is -4.19. The van der Waals surface area contributed by atoms with Gasteiger partial charge in [0, 0.05) is 45.5 Å². The third-order valence-electron chi connectivity index (χ3n) is 3.83. The summed E-state index contributed by atoms with van der Waals surface area (Å²) in [6.45, 7) is -9.37. The molecule has 1 aliphatic heterocycles. The smallest absolute Gasteiger partial charge is 0.253 e. The van der Waals surface area contributed by atoms with Gasteiger partial charge in [-0.25, -0.2) is 8.78 Å². The Morgan fingerprint density at radius 2 is 2.30 bits per heavy atom. The summed E-state index contributed by atoms with van der Waals surface area (Å²) in [6, 6.07) is 4.97. The lowest BCUT2D eigenvalue weighted by atomic mass is 9.87. The lowest BCUT2D eigenvalue weighted by Gasteiger charge is -2.36. The zero-order valence-electron chi connectivity index (χ0n) is 25.0. The normalized spacial score (nSPS) is 32.6. The van der Waals surface area contributed by atoms with Gasteiger partial charge in [-0.15, -0.1) is 0 Å². The van der Waals surface area contributed by atoms with Gasteiger partial charge < -0.3 is 4.90 Å². The molecule has 27 heavy (non-hydrogen) atoms. The summed E-state index contributed by atoms with van der Waals surface area (Å²) < 4.78 is 119. The Labute approximate surface area is 178 Å². The molecule has 3 nitrogen and oxygen atoms in total. The summed E-state index contributed by atoms with van der Waals surface area (Å²) in [4.78, 5) is 16.8. The standard InChI is InChI=1S/C21H23ClF2N2O/c1-15-4-6-17(25-14-15)3-2-8-21(24)9-11-26(12-10-21)20(27)16-5-7-19(23)18(22)13-16/h4-7,13-14H,2-3,8-12H2,1H3/i1D3,8D2,9D2,11D2,12D2. The van der Waals surface area contributed by atoms with Gasteiger partial charge in [-0.3, -0.25) is 9.78 Å². The van der Waals surface area contributed by atoms with E-state index in [4.69, 9.17) is 26.7 Å². The number of halogens is 3. The van der Waals surface area contributed by atoms with Crippen molar-refractivity contribution >= 4 is 17.5 Å². The topological polar surface area (TPSA) is 33.2 Å². The van der Waals surface area contributed by atoms with Crippen LogP contribution in [-0.2, 0) is 6.42 Å². The number of hydrogen-bond donors (Lipinski definition) is 0. The first-order chi connectivity index (χ1) is 17.1. The molecule has 1 aromatic heterocycles. The molecule has 1 saturated heterocycles. The van der Waals surface area contributed by atoms with Crippen molar-refractivity contribution in [2.24, 2.45) is 0 Å². The number of nitrogens with zero attached hydrogens (tertiary/aromatic N) is 2. The maximum atomic E-state index is 16.5. The second-order valence-corrected chi connectivity index (χ2v) is 6.26. The average molecular weight is 404 g/mol. The van der Waals surface area contributed by atoms with E-state index in [0.29, 0.717) is 0 Å². The monoisotopic (exact) mass is 403 g/mol. The number of aryl methyl sites for hydroxylation is 2. The van der Waals surface area contributed by atoms with E-state index in [1.165, 1.54) is 12.1 Å². The highest BCUT2D eigenvalue weighted by Gasteiger charge is 2.35. The van der Waals surface area contributed by atoms with Crippen LogP contribution < -0.4 is 0 Å². The number of likely N-dealkylation sites (tertiary alicyclic amines) is 1. The summed E-state index contributed by atoms with van der Waals surface area (Å²) in [5.74, 6) is -2.35. The van der Waals surface area contributed by atoms with Crippen LogP contribution in [-0.4, -0.2) is 34.5 Å². The van der Waals surface area contributed by atoms with E-state index in [1.807, 2.05) is 0 Å². The van der Waals surface area contributed by atoms with Gasteiger partial charge >= 0.3 is 0 Å². The first-order valence-electron chi connectivity index (χ1n) is 13.5. The Hall–Kier alpha value is -2.01. The summed E-state index contributed by atoms with van der Waals surface area (Å²) in [5, 5.41) is -0.534. The van der Waals surface area contributed by atoms with E-state index >= 15 is 4.39 Å². The van der Waals surface area contributed by atoms with Crippen LogP contribution in [0.1, 0.15) is 62.3 Å². The molecular formula is C21H23ClF2N2O. The minimum Gasteiger partial charge on any atom is -0.338 e. The number of alkyl halides is 1. The highest BCUT2D eigenvalue weighted by Crippen LogP contribution is 2.32. The second-order valence-electron chi connectivity index (χ2n) is 5.86. The van der Waals surface area contributed by atoms with Gasteiger partial charge in [0.05, 0.1) is 5.02 Å². The van der Waals surface area contributed by atoms with E-state index in [1.54, 1.807) is 0 Å². The Balaban J connectivity index is 1.95. The van der Waals surface area contributed by atoms with Crippen molar-refractivity contribution in [2.75, 3.05) is 13.0 Å². The largest absolute Gasteiger partial charge is 0.338 e. The second kappa shape index (κ2) is 8.34. The van der Waals surface area contributed by atoms with Crippen LogP contribution in [0.5, 0.6) is 0 Å². The van der Waals surface area contributed by atoms with Gasteiger partial charge in [-0.2, -0.15) is 0 Å². The van der Waals surface area contributed by atoms with Crippen molar-refractivity contribution in [1.29, 1.82) is 0 Å². The number of carbonyl (C=O) groups is 1. The molecule has 0 saturated carbocycles. The molecule has 1 aliphatic rings. The fraction of sp³-hybridized carbons (Fsp3) is 0.429. The molecule has 1 aromatic carbocycles. The summed E-state index contributed by atoms with van der Waals surface area (Å²) >= 11 is 5.67. The number of benzene rings is 1. The molecule has 3 rings (SSSR count). The number of rotatable bonds is 5. The van der Waals surface area contributed by atoms with E-state index in [0.717, 1.165) is 24.4 Å². The van der Waals surface area contributed by atoms with Gasteiger partial charge in [0.25, 0.3) is 5.91 Å². The van der Waals surface area contributed by atoms with Crippen molar-refractivity contribution in [3.8, 4) is 0 Å². The van der Waals surface area contributed by atoms with E-state index < -0.39 is 73.4 Å². The molecule has 0 aliphatic carbocycles. The van der Waals surface area contributed by atoms with Crippen molar-refractivity contribution in [3.05, 3.63) is 64.2 Å². The van der Waals surface area contributed by atoms with Crippen molar-refractivity contribution in [1.82, 2.24) is 9.88 Å². The van der Waals surface area contributed by atoms with E-state index in [-0.39, 0.29) is 22.6 Å². The molecule has 6 heteroatoms. The van der Waals surface area contributed by atoms with Gasteiger partial charge in [-0.05, 0) is 68.7 Å². The van der Waals surface area contributed by atoms with Crippen molar-refractivity contribution in [2.45, 2.75) is 44.5 Å². The number of aromatic nitrogens is 1. The number of amides is 1. The minimum atomic E-state index is -3.77. The van der Waals surface area contributed by atoms with Gasteiger partial charge in [0.1, 0.15) is 11.5 Å². The molecule has 0 spiro atoms. The maximum Gasteiger partial charge on any atom is 0.253 e. The Kier molecular flexibility index (Phi) is 3.08. The molecule has 1 fully saturated rings. The van der Waals surface area contributed by atoms with Crippen LogP contribution in [0.25, 0.3) is 0 Å². The molecule has 2 heterocycles. The number of piperidine rings is 1. The predicted octanol–water partition coefficient (Wildman–Crippen LogP) is 5.15. The molecule has 1 unspecified atom stereocenters. The van der Waals surface area contributed by atoms with Crippen LogP contribution in [0.3, 0.4) is 0 Å². The average Bonchev–Trinajstić information content (AvgIpc) is 2.77. The highest BCUT2D eigenvalue weighted by molar-refractivity contribution is 6.31. The lowest BCUT2D eigenvalue weighted by Crippen LogP contribution is -2.44. The summed E-state index contributed by atoms with van der Waals surface area (Å²) in [6.07, 6.45) is -8.53. The molecule has 2 aromatic rings. The zero-order valence-corrected chi connectivity index (χ0v) is 14.8. The fourth-order valence-corrected chi connectivity index (χ4v) is 2.55. The van der Waals surface area contributed by atoms with Crippen LogP contribution in [0.15, 0.2) is 36.5 Å². The maximum absolute atomic E-state index is 16.5. The molecule has 0 radical (unpaired) electrons. The third kappa shape index (κ3) is 5.04. The molecule has 0 N–H and O–H groups in total. The first-order valence-corrected chi connectivity index (χ1v) is 8.40. The molecule has 1 amide bonds. The van der Waals surface area contributed by atoms with Crippen LogP contribution in [0.2, 0.25) is 5.02 Å². The Morgan fingerprint density at radius 3 is 3.00 bits per heavy atom. The van der Waals surface area contributed by atoms with E-state index in [9.17, 15) is 9.18 Å². The molecular weight excluding hydrogens is 370 g/mol. The number of pyridine rings is 1. The van der Waals surface area contributed by atoms with Gasteiger partial charge in [0.2, 0.25) is 0 Å². The number of carbonyl (C=O) groups excluding carboxylic acids is 1. The van der Waals surface area contributed by atoms with Gasteiger partial charge in [0.15, 0.2) is 0 Å². The highest BCUT2D eigenvalue weighted by atomic mass is 35.5. The quantitative estimate of drug-likeness (QED) is 0.691. The SMILES string of the molecule is [2H]C([2H])([2H])c1ccc(CCC([2H])([2H])C2(F)CC([2H])([2H])N(C(=O)c3ccc(F)c(Cl)c3)C([2H])([2H])C2([2H])[2H])nc1. The van der Waals surface area contributed by atoms with Crippen LogP contribution >= 0.6 is 11.6 Å². The fourth-order valence-electron chi connectivity index (χ4n) is 2.36. The number of hydrogen-bond acceptors (Lipinski definition) is 2. The van der Waals surface area contributed by atoms with Crippen LogP contribution in [0.4, 0.5) is 8.78 Å². The lowest BCUT2D eigenvalue weighted by molar-refractivity contribution is 0.0389. The zero-order chi connectivity index (χ0) is 29.1. The van der Waals surface area contributed by atoms with Crippen LogP contribution in [0, 0.1) is 12.7 Å². The molecule has 0 bridgehead atoms. The Morgan fingerprint density at radius 1 is 1.44 bits per heavy atom. The first kappa shape index (κ1) is 9.97. The Bertz CT molecular complexity index is 1220. The van der Waals surface area contributed by atoms with Crippen molar-refractivity contribution in [3.63, 3.8) is 0 Å². The van der Waals surface area contributed by atoms with Gasteiger partial charge in [-0.1, -0.05) is 17.7 Å². The molecule has 144 valence electrons. The minimum absolute atomic E-state index is 0.0802. The summed E-state index contributed by atoms with van der Waals surface area (Å²) in [7, 11) is 0.